The van der Waals surface area contributed by atoms with Crippen molar-refractivity contribution in [3.8, 4) is 0 Å². The number of anilines is 1. The minimum absolute atomic E-state index is 0.0243. The summed E-state index contributed by atoms with van der Waals surface area (Å²) >= 11 is 0. The molecule has 1 aliphatic rings. The highest BCUT2D eigenvalue weighted by Gasteiger charge is 2.23. The van der Waals surface area contributed by atoms with Crippen LogP contribution in [0.2, 0.25) is 0 Å². The van der Waals surface area contributed by atoms with E-state index in [4.69, 9.17) is 0 Å². The van der Waals surface area contributed by atoms with E-state index in [9.17, 15) is 4.79 Å². The fraction of sp³-hybridized carbons (Fsp3) is 0.400. The van der Waals surface area contributed by atoms with Crippen LogP contribution in [-0.2, 0) is 20.0 Å². The van der Waals surface area contributed by atoms with E-state index in [0.29, 0.717) is 26.1 Å². The molecule has 0 radical (unpaired) electrons. The van der Waals surface area contributed by atoms with Crippen molar-refractivity contribution < 1.29 is 4.79 Å². The zero-order chi connectivity index (χ0) is 20.1. The van der Waals surface area contributed by atoms with E-state index in [1.807, 2.05) is 47.1 Å². The molecule has 1 saturated heterocycles. The largest absolute Gasteiger partial charge is 0.338 e. The highest BCUT2D eigenvalue weighted by atomic mass is 16.2. The average Bonchev–Trinajstić information content (AvgIpc) is 3.37. The number of hydrogen-bond acceptors (Lipinski definition) is 5. The maximum atomic E-state index is 12.5. The third-order valence-electron chi connectivity index (χ3n) is 5.16. The lowest BCUT2D eigenvalue weighted by Crippen LogP contribution is -2.52. The SMILES string of the molecule is Cn1cnnc1N1CCN(C(=O)NCCc2nccn2Cc2ccccc2)CC1. The van der Waals surface area contributed by atoms with E-state index < -0.39 is 0 Å². The van der Waals surface area contributed by atoms with Crippen molar-refractivity contribution in [1.82, 2.24) is 34.5 Å². The molecular weight excluding hydrogens is 368 g/mol. The van der Waals surface area contributed by atoms with Gasteiger partial charge >= 0.3 is 6.03 Å². The molecule has 0 unspecified atom stereocenters. The number of amides is 2. The lowest BCUT2D eigenvalue weighted by Gasteiger charge is -2.34. The van der Waals surface area contributed by atoms with Gasteiger partial charge in [-0.1, -0.05) is 30.3 Å². The Bertz CT molecular complexity index is 927. The van der Waals surface area contributed by atoms with Crippen LogP contribution in [0.15, 0.2) is 49.1 Å². The van der Waals surface area contributed by atoms with Gasteiger partial charge in [-0.05, 0) is 5.56 Å². The van der Waals surface area contributed by atoms with Crippen molar-refractivity contribution in [3.63, 3.8) is 0 Å². The van der Waals surface area contributed by atoms with E-state index >= 15 is 0 Å². The number of rotatable bonds is 6. The molecule has 9 heteroatoms. The van der Waals surface area contributed by atoms with Crippen LogP contribution < -0.4 is 10.2 Å². The minimum atomic E-state index is -0.0243. The third-order valence-corrected chi connectivity index (χ3v) is 5.16. The van der Waals surface area contributed by atoms with Gasteiger partial charge in [0.1, 0.15) is 12.2 Å². The van der Waals surface area contributed by atoms with Gasteiger partial charge in [0.05, 0.1) is 0 Å². The van der Waals surface area contributed by atoms with Crippen molar-refractivity contribution in [2.24, 2.45) is 7.05 Å². The summed E-state index contributed by atoms with van der Waals surface area (Å²) in [4.78, 5) is 20.9. The first-order chi connectivity index (χ1) is 14.2. The highest BCUT2D eigenvalue weighted by molar-refractivity contribution is 5.74. The third kappa shape index (κ3) is 4.56. The van der Waals surface area contributed by atoms with Crippen LogP contribution in [0, 0.1) is 0 Å². The molecule has 152 valence electrons. The molecule has 0 aliphatic carbocycles. The van der Waals surface area contributed by atoms with Gasteiger partial charge in [-0.15, -0.1) is 10.2 Å². The zero-order valence-electron chi connectivity index (χ0n) is 16.6. The standard InChI is InChI=1S/C20H26N8O/c1-25-16-23-24-19(25)26-11-13-27(14-12-26)20(29)22-8-7-18-21-9-10-28(18)15-17-5-3-2-4-6-17/h2-6,9-10,16H,7-8,11-15H2,1H3,(H,22,29). The first-order valence-corrected chi connectivity index (χ1v) is 9.86. The predicted octanol–water partition coefficient (Wildman–Crippen LogP) is 1.13. The molecule has 3 aromatic rings. The van der Waals surface area contributed by atoms with Gasteiger partial charge in [0, 0.05) is 65.1 Å². The van der Waals surface area contributed by atoms with E-state index in [1.165, 1.54) is 5.56 Å². The summed E-state index contributed by atoms with van der Waals surface area (Å²) in [6.07, 6.45) is 6.18. The topological polar surface area (TPSA) is 84.1 Å². The average molecular weight is 394 g/mol. The summed E-state index contributed by atoms with van der Waals surface area (Å²) in [7, 11) is 1.93. The first-order valence-electron chi connectivity index (χ1n) is 9.86. The fourth-order valence-electron chi connectivity index (χ4n) is 3.56. The number of benzene rings is 1. The van der Waals surface area contributed by atoms with Crippen LogP contribution in [0.5, 0.6) is 0 Å². The molecule has 1 aliphatic heterocycles. The molecule has 1 N–H and O–H groups in total. The van der Waals surface area contributed by atoms with Crippen LogP contribution in [0.4, 0.5) is 10.7 Å². The first kappa shape index (κ1) is 19.0. The number of hydrogen-bond donors (Lipinski definition) is 1. The number of aryl methyl sites for hydroxylation is 1. The van der Waals surface area contributed by atoms with E-state index in [-0.39, 0.29) is 6.03 Å². The summed E-state index contributed by atoms with van der Waals surface area (Å²) in [6.45, 7) is 4.19. The second-order valence-corrected chi connectivity index (χ2v) is 7.15. The Morgan fingerprint density at radius 1 is 1.14 bits per heavy atom. The lowest BCUT2D eigenvalue weighted by atomic mass is 10.2. The molecule has 2 amide bonds. The number of aromatic nitrogens is 5. The molecule has 3 heterocycles. The number of carbonyl (C=O) groups excluding carboxylic acids is 1. The smallest absolute Gasteiger partial charge is 0.317 e. The van der Waals surface area contributed by atoms with Crippen molar-refractivity contribution in [2.75, 3.05) is 37.6 Å². The van der Waals surface area contributed by atoms with Gasteiger partial charge in [0.25, 0.3) is 0 Å². The van der Waals surface area contributed by atoms with Crippen LogP contribution in [0.1, 0.15) is 11.4 Å². The van der Waals surface area contributed by atoms with Gasteiger partial charge in [-0.2, -0.15) is 0 Å². The van der Waals surface area contributed by atoms with Crippen LogP contribution >= 0.6 is 0 Å². The van der Waals surface area contributed by atoms with Gasteiger partial charge < -0.3 is 24.3 Å². The number of piperazine rings is 1. The van der Waals surface area contributed by atoms with Crippen LogP contribution in [0.3, 0.4) is 0 Å². The van der Waals surface area contributed by atoms with Gasteiger partial charge in [-0.3, -0.25) is 0 Å². The second kappa shape index (κ2) is 8.76. The number of carbonyl (C=O) groups is 1. The maximum absolute atomic E-state index is 12.5. The molecule has 0 bridgehead atoms. The van der Waals surface area contributed by atoms with Crippen molar-refractivity contribution >= 4 is 12.0 Å². The van der Waals surface area contributed by atoms with Crippen LogP contribution in [-0.4, -0.2) is 68.0 Å². The van der Waals surface area contributed by atoms with Crippen molar-refractivity contribution in [1.29, 1.82) is 0 Å². The molecule has 1 fully saturated rings. The summed E-state index contributed by atoms with van der Waals surface area (Å²) in [5.74, 6) is 1.82. The number of nitrogens with one attached hydrogen (secondary N) is 1. The normalized spacial score (nSPS) is 14.2. The molecule has 29 heavy (non-hydrogen) atoms. The summed E-state index contributed by atoms with van der Waals surface area (Å²) in [5, 5.41) is 11.1. The lowest BCUT2D eigenvalue weighted by molar-refractivity contribution is 0.194. The highest BCUT2D eigenvalue weighted by Crippen LogP contribution is 2.12. The molecule has 0 saturated carbocycles. The number of imidazole rings is 1. The molecule has 4 rings (SSSR count). The second-order valence-electron chi connectivity index (χ2n) is 7.15. The Kier molecular flexibility index (Phi) is 5.73. The van der Waals surface area contributed by atoms with Gasteiger partial charge in [0.2, 0.25) is 5.95 Å². The Morgan fingerprint density at radius 3 is 2.66 bits per heavy atom. The summed E-state index contributed by atoms with van der Waals surface area (Å²) in [5.41, 5.74) is 1.23. The Balaban J connectivity index is 1.23. The molecule has 0 atom stereocenters. The minimum Gasteiger partial charge on any atom is -0.338 e. The van der Waals surface area contributed by atoms with Crippen LogP contribution in [0.25, 0.3) is 0 Å². The summed E-state index contributed by atoms with van der Waals surface area (Å²) < 4.78 is 4.02. The molecule has 2 aromatic heterocycles. The van der Waals surface area contributed by atoms with Crippen molar-refractivity contribution in [2.45, 2.75) is 13.0 Å². The zero-order valence-corrected chi connectivity index (χ0v) is 16.6. The van der Waals surface area contributed by atoms with Crippen molar-refractivity contribution in [3.05, 3.63) is 60.4 Å². The van der Waals surface area contributed by atoms with Gasteiger partial charge in [-0.25, -0.2) is 9.78 Å². The Morgan fingerprint density at radius 2 is 1.93 bits per heavy atom. The number of nitrogens with zero attached hydrogens (tertiary/aromatic N) is 7. The molecule has 9 nitrogen and oxygen atoms in total. The maximum Gasteiger partial charge on any atom is 0.317 e. The van der Waals surface area contributed by atoms with Gasteiger partial charge in [0.15, 0.2) is 0 Å². The number of urea groups is 1. The monoisotopic (exact) mass is 394 g/mol. The Labute approximate surface area is 170 Å². The fourth-order valence-corrected chi connectivity index (χ4v) is 3.56. The Hall–Kier alpha value is -3.36. The molecule has 0 spiro atoms. The molecule has 1 aromatic carbocycles. The quantitative estimate of drug-likeness (QED) is 0.678. The van der Waals surface area contributed by atoms with E-state index in [2.05, 4.69) is 42.1 Å². The molecular formula is C20H26N8O. The van der Waals surface area contributed by atoms with E-state index in [0.717, 1.165) is 31.4 Å². The predicted molar refractivity (Wildman–Crippen MR) is 110 cm³/mol. The summed E-state index contributed by atoms with van der Waals surface area (Å²) in [6, 6.07) is 10.3. The van der Waals surface area contributed by atoms with E-state index in [1.54, 1.807) is 6.33 Å².